The van der Waals surface area contributed by atoms with E-state index in [0.717, 1.165) is 5.70 Å². The molecule has 0 saturated carbocycles. The molecule has 4 rings (SSSR count). The predicted octanol–water partition coefficient (Wildman–Crippen LogP) is 4.63. The second kappa shape index (κ2) is 9.86. The van der Waals surface area contributed by atoms with Gasteiger partial charge in [-0.15, -0.1) is 0 Å². The highest BCUT2D eigenvalue weighted by molar-refractivity contribution is 6.04. The minimum Gasteiger partial charge on any atom is -0.504 e. The van der Waals surface area contributed by atoms with Crippen LogP contribution >= 0.6 is 0 Å². The maximum Gasteiger partial charge on any atom is 0.336 e. The zero-order chi connectivity index (χ0) is 25.2. The van der Waals surface area contributed by atoms with Crippen LogP contribution in [0.15, 0.2) is 71.1 Å². The van der Waals surface area contributed by atoms with Crippen LogP contribution in [-0.4, -0.2) is 37.2 Å². The summed E-state index contributed by atoms with van der Waals surface area (Å²) in [7, 11) is 1.47. The first-order chi connectivity index (χ1) is 16.7. The Morgan fingerprint density at radius 1 is 1.11 bits per heavy atom. The molecule has 0 amide bonds. The number of Topliss-reactive ketones (excluding diaryl/α,β-unsaturated/α-hetero) is 1. The van der Waals surface area contributed by atoms with E-state index in [1.54, 1.807) is 18.2 Å². The van der Waals surface area contributed by atoms with E-state index in [1.165, 1.54) is 7.11 Å². The normalized spacial score (nSPS) is 19.1. The van der Waals surface area contributed by atoms with E-state index >= 15 is 0 Å². The Morgan fingerprint density at radius 2 is 1.86 bits per heavy atom. The summed E-state index contributed by atoms with van der Waals surface area (Å²) in [6.07, 6.45) is 1.05. The lowest BCUT2D eigenvalue weighted by atomic mass is 9.68. The number of nitrogens with one attached hydrogen (secondary N) is 1. The zero-order valence-corrected chi connectivity index (χ0v) is 20.5. The van der Waals surface area contributed by atoms with Gasteiger partial charge < -0.3 is 24.6 Å². The van der Waals surface area contributed by atoms with Gasteiger partial charge in [-0.05, 0) is 48.6 Å². The summed E-state index contributed by atoms with van der Waals surface area (Å²) in [6, 6.07) is 14.2. The van der Waals surface area contributed by atoms with Gasteiger partial charge in [-0.1, -0.05) is 38.1 Å². The first-order valence-corrected chi connectivity index (χ1v) is 11.7. The maximum atomic E-state index is 13.3. The van der Waals surface area contributed by atoms with Crippen LogP contribution in [0.1, 0.15) is 45.1 Å². The van der Waals surface area contributed by atoms with E-state index in [0.29, 0.717) is 46.7 Å². The number of hydrogen-bond acceptors (Lipinski definition) is 7. The van der Waals surface area contributed by atoms with Crippen LogP contribution in [0.2, 0.25) is 0 Å². The van der Waals surface area contributed by atoms with Crippen LogP contribution in [0.4, 0.5) is 0 Å². The number of rotatable bonds is 7. The minimum absolute atomic E-state index is 0.0192. The van der Waals surface area contributed by atoms with E-state index in [4.69, 9.17) is 14.2 Å². The summed E-state index contributed by atoms with van der Waals surface area (Å²) < 4.78 is 16.4. The van der Waals surface area contributed by atoms with Crippen LogP contribution in [-0.2, 0) is 14.3 Å². The smallest absolute Gasteiger partial charge is 0.336 e. The molecule has 0 saturated heterocycles. The van der Waals surface area contributed by atoms with Gasteiger partial charge >= 0.3 is 5.97 Å². The number of hydrogen-bond donors (Lipinski definition) is 2. The molecular formula is C28H31NO6. The largest absolute Gasteiger partial charge is 0.504 e. The quantitative estimate of drug-likeness (QED) is 0.444. The molecule has 1 aliphatic heterocycles. The Hall–Kier alpha value is -3.74. The highest BCUT2D eigenvalue weighted by Crippen LogP contribution is 2.47. The van der Waals surface area contributed by atoms with Gasteiger partial charge in [-0.25, -0.2) is 4.79 Å². The van der Waals surface area contributed by atoms with E-state index in [2.05, 4.69) is 19.2 Å². The molecule has 2 aromatic carbocycles. The van der Waals surface area contributed by atoms with Gasteiger partial charge in [0.2, 0.25) is 0 Å². The third-order valence-electron chi connectivity index (χ3n) is 6.32. The molecule has 184 valence electrons. The van der Waals surface area contributed by atoms with Crippen LogP contribution in [0, 0.1) is 5.41 Å². The van der Waals surface area contributed by atoms with E-state index < -0.39 is 11.9 Å². The third kappa shape index (κ3) is 5.19. The van der Waals surface area contributed by atoms with Crippen molar-refractivity contribution in [2.24, 2.45) is 5.41 Å². The average Bonchev–Trinajstić information content (AvgIpc) is 2.80. The van der Waals surface area contributed by atoms with Gasteiger partial charge in [0.05, 0.1) is 12.7 Å². The fourth-order valence-electron chi connectivity index (χ4n) is 4.81. The number of phenolic OH excluding ortho intramolecular Hbond substituents is 1. The zero-order valence-electron chi connectivity index (χ0n) is 20.5. The topological polar surface area (TPSA) is 94.1 Å². The molecule has 0 aromatic heterocycles. The number of ether oxygens (including phenoxy) is 3. The summed E-state index contributed by atoms with van der Waals surface area (Å²) >= 11 is 0. The van der Waals surface area contributed by atoms with Crippen LogP contribution in [0.25, 0.3) is 0 Å². The van der Waals surface area contributed by atoms with Crippen molar-refractivity contribution in [3.8, 4) is 17.2 Å². The number of benzene rings is 2. The molecule has 0 radical (unpaired) electrons. The van der Waals surface area contributed by atoms with Crippen molar-refractivity contribution >= 4 is 11.8 Å². The monoisotopic (exact) mass is 477 g/mol. The number of carbonyl (C=O) groups excluding carboxylic acids is 2. The van der Waals surface area contributed by atoms with Crippen molar-refractivity contribution in [2.45, 2.75) is 39.5 Å². The molecule has 1 heterocycles. The second-order valence-electron chi connectivity index (χ2n) is 9.66. The molecule has 0 fully saturated rings. The average molecular weight is 478 g/mol. The molecule has 0 spiro atoms. The Balaban J connectivity index is 1.63. The number of dihydropyridines is 1. The second-order valence-corrected chi connectivity index (χ2v) is 9.66. The molecule has 1 aliphatic carbocycles. The van der Waals surface area contributed by atoms with Crippen molar-refractivity contribution in [3.05, 3.63) is 76.6 Å². The number of phenols is 1. The summed E-state index contributed by atoms with van der Waals surface area (Å²) in [4.78, 5) is 26.7. The first kappa shape index (κ1) is 24.4. The molecule has 1 unspecified atom stereocenters. The highest BCUT2D eigenvalue weighted by atomic mass is 16.6. The number of ketones is 1. The molecule has 7 heteroatoms. The SMILES string of the molecule is COc1ccc(C2C(C(=O)OCCOc3ccccc3)=C(C)NC3=C2C(=O)CC(C)(C)C3)cc1O. The lowest BCUT2D eigenvalue weighted by Gasteiger charge is -2.39. The standard InChI is InChI=1S/C28H31NO6/c1-17-24(27(32)35-13-12-34-19-8-6-5-7-9-19)25(18-10-11-23(33-4)21(30)14-18)26-20(29-17)15-28(2,3)16-22(26)31/h5-11,14,25,29-30H,12-13,15-16H2,1-4H3. The van der Waals surface area contributed by atoms with Crippen LogP contribution in [0.3, 0.4) is 0 Å². The predicted molar refractivity (Wildman–Crippen MR) is 131 cm³/mol. The summed E-state index contributed by atoms with van der Waals surface area (Å²) in [6.45, 7) is 6.17. The van der Waals surface area contributed by atoms with Crippen molar-refractivity contribution in [2.75, 3.05) is 20.3 Å². The van der Waals surface area contributed by atoms with Gasteiger partial charge in [0.15, 0.2) is 17.3 Å². The Kier molecular flexibility index (Phi) is 6.87. The van der Waals surface area contributed by atoms with E-state index in [9.17, 15) is 14.7 Å². The molecular weight excluding hydrogens is 446 g/mol. The number of carbonyl (C=O) groups is 2. The first-order valence-electron chi connectivity index (χ1n) is 11.7. The third-order valence-corrected chi connectivity index (χ3v) is 6.32. The highest BCUT2D eigenvalue weighted by Gasteiger charge is 2.43. The summed E-state index contributed by atoms with van der Waals surface area (Å²) in [5, 5.41) is 13.8. The lowest BCUT2D eigenvalue weighted by molar-refractivity contribution is -0.140. The van der Waals surface area contributed by atoms with Gasteiger partial charge in [0.25, 0.3) is 0 Å². The molecule has 1 atom stereocenters. The fraction of sp³-hybridized carbons (Fsp3) is 0.357. The van der Waals surface area contributed by atoms with Gasteiger partial charge in [0.1, 0.15) is 19.0 Å². The summed E-state index contributed by atoms with van der Waals surface area (Å²) in [5.41, 5.74) is 2.77. The van der Waals surface area contributed by atoms with Gasteiger partial charge in [0, 0.05) is 29.3 Å². The summed E-state index contributed by atoms with van der Waals surface area (Å²) in [5.74, 6) is -0.263. The van der Waals surface area contributed by atoms with E-state index in [1.807, 2.05) is 37.3 Å². The number of aromatic hydroxyl groups is 1. The van der Waals surface area contributed by atoms with Crippen molar-refractivity contribution in [3.63, 3.8) is 0 Å². The molecule has 0 bridgehead atoms. The number of para-hydroxylation sites is 1. The van der Waals surface area contributed by atoms with Crippen molar-refractivity contribution < 1.29 is 28.9 Å². The van der Waals surface area contributed by atoms with E-state index in [-0.39, 0.29) is 30.2 Å². The Morgan fingerprint density at radius 3 is 2.54 bits per heavy atom. The number of esters is 1. The number of methoxy groups -OCH3 is 1. The molecule has 35 heavy (non-hydrogen) atoms. The molecule has 7 nitrogen and oxygen atoms in total. The van der Waals surface area contributed by atoms with Crippen LogP contribution < -0.4 is 14.8 Å². The number of allylic oxidation sites excluding steroid dienone is 3. The minimum atomic E-state index is -0.658. The van der Waals surface area contributed by atoms with Crippen molar-refractivity contribution in [1.29, 1.82) is 0 Å². The van der Waals surface area contributed by atoms with Gasteiger partial charge in [-0.3, -0.25) is 4.79 Å². The van der Waals surface area contributed by atoms with Crippen LogP contribution in [0.5, 0.6) is 17.2 Å². The molecule has 2 N–H and O–H groups in total. The Bertz CT molecular complexity index is 1200. The van der Waals surface area contributed by atoms with Crippen molar-refractivity contribution in [1.82, 2.24) is 5.32 Å². The molecule has 2 aromatic rings. The van der Waals surface area contributed by atoms with Gasteiger partial charge in [-0.2, -0.15) is 0 Å². The maximum absolute atomic E-state index is 13.3. The lowest BCUT2D eigenvalue weighted by Crippen LogP contribution is -2.38. The fourth-order valence-corrected chi connectivity index (χ4v) is 4.81. The molecule has 2 aliphatic rings. The Labute approximate surface area is 205 Å².